The number of para-hydroxylation sites is 2. The molecule has 1 aromatic heterocycles. The van der Waals surface area contributed by atoms with E-state index in [9.17, 15) is 0 Å². The predicted octanol–water partition coefficient (Wildman–Crippen LogP) is 5.40. The number of hydrogen-bond donors (Lipinski definition) is 0. The Hall–Kier alpha value is -3.32. The van der Waals surface area contributed by atoms with Gasteiger partial charge in [-0.1, -0.05) is 38.8 Å². The summed E-state index contributed by atoms with van der Waals surface area (Å²) >= 11 is 0. The smallest absolute Gasteiger partial charge is 0.151 e. The molecule has 1 aliphatic rings. The first-order valence-electron chi connectivity index (χ1n) is 9.25. The summed E-state index contributed by atoms with van der Waals surface area (Å²) < 4.78 is 12.0. The van der Waals surface area contributed by atoms with Crippen LogP contribution in [0.25, 0.3) is 28.0 Å². The number of fused-ring (bicyclic) bond motifs is 4. The van der Waals surface area contributed by atoms with E-state index in [-0.39, 0.29) is 12.0 Å². The summed E-state index contributed by atoms with van der Waals surface area (Å²) in [6, 6.07) is 11.8. The second-order valence-electron chi connectivity index (χ2n) is 7.94. The molecule has 0 unspecified atom stereocenters. The lowest BCUT2D eigenvalue weighted by Crippen LogP contribution is -2.13. The van der Waals surface area contributed by atoms with Gasteiger partial charge in [0, 0.05) is 11.1 Å². The normalized spacial score (nSPS) is 14.2. The summed E-state index contributed by atoms with van der Waals surface area (Å²) in [5.41, 5.74) is 5.01. The minimum Gasteiger partial charge on any atom is -0.481 e. The number of terminal acetylenes is 1. The maximum absolute atomic E-state index is 6.36. The highest BCUT2D eigenvalue weighted by Gasteiger charge is 2.29. The van der Waals surface area contributed by atoms with Crippen molar-refractivity contribution >= 4 is 16.8 Å². The molecule has 1 aliphatic heterocycles. The fourth-order valence-electron chi connectivity index (χ4n) is 3.28. The third kappa shape index (κ3) is 3.20. The van der Waals surface area contributed by atoms with Crippen LogP contribution >= 0.6 is 0 Å². The van der Waals surface area contributed by atoms with Gasteiger partial charge in [-0.25, -0.2) is 9.97 Å². The monoisotopic (exact) mass is 370 g/mol. The highest BCUT2D eigenvalue weighted by molar-refractivity contribution is 5.89. The van der Waals surface area contributed by atoms with Gasteiger partial charge in [0.2, 0.25) is 0 Å². The molecule has 0 fully saturated rings. The molecule has 0 bridgehead atoms. The summed E-state index contributed by atoms with van der Waals surface area (Å²) in [7, 11) is 0. The van der Waals surface area contributed by atoms with Crippen LogP contribution in [0.2, 0.25) is 0 Å². The van der Waals surface area contributed by atoms with E-state index in [1.165, 1.54) is 0 Å². The zero-order chi connectivity index (χ0) is 19.9. The maximum atomic E-state index is 6.36. The van der Waals surface area contributed by atoms with Crippen LogP contribution in [0.1, 0.15) is 32.0 Å². The van der Waals surface area contributed by atoms with Gasteiger partial charge in [0.25, 0.3) is 0 Å². The van der Waals surface area contributed by atoms with Crippen molar-refractivity contribution in [3.05, 3.63) is 53.7 Å². The van der Waals surface area contributed by atoms with Crippen LogP contribution in [0.4, 0.5) is 0 Å². The molecule has 4 heteroatoms. The highest BCUT2D eigenvalue weighted by Crippen LogP contribution is 2.46. The van der Waals surface area contributed by atoms with Crippen LogP contribution in [0.3, 0.4) is 0 Å². The first-order valence-corrected chi connectivity index (χ1v) is 9.25. The largest absolute Gasteiger partial charge is 0.481 e. The summed E-state index contributed by atoms with van der Waals surface area (Å²) in [6.07, 6.45) is 7.43. The predicted molar refractivity (Wildman–Crippen MR) is 112 cm³/mol. The topological polar surface area (TPSA) is 44.2 Å². The molecule has 2 heterocycles. The summed E-state index contributed by atoms with van der Waals surface area (Å²) in [5, 5.41) is 0. The zero-order valence-corrected chi connectivity index (χ0v) is 16.5. The SMILES string of the molecule is C#CCOc1ccc2c(c1C)O/C(=C\C(C)(C)C)c1nc3ccccc3nc1-2. The maximum Gasteiger partial charge on any atom is 0.151 e. The van der Waals surface area contributed by atoms with Crippen molar-refractivity contribution in [1.29, 1.82) is 0 Å². The van der Waals surface area contributed by atoms with Gasteiger partial charge in [-0.15, -0.1) is 6.42 Å². The second kappa shape index (κ2) is 6.69. The molecule has 4 nitrogen and oxygen atoms in total. The van der Waals surface area contributed by atoms with E-state index in [1.54, 1.807) is 0 Å². The average molecular weight is 370 g/mol. The molecule has 4 rings (SSSR count). The first kappa shape index (κ1) is 18.1. The van der Waals surface area contributed by atoms with Crippen LogP contribution < -0.4 is 9.47 Å². The van der Waals surface area contributed by atoms with Gasteiger partial charge in [0.1, 0.15) is 29.5 Å². The number of ether oxygens (including phenoxy) is 2. The Bertz CT molecular complexity index is 1150. The number of nitrogens with zero attached hydrogens (tertiary/aromatic N) is 2. The van der Waals surface area contributed by atoms with E-state index >= 15 is 0 Å². The molecule has 0 saturated heterocycles. The van der Waals surface area contributed by atoms with E-state index in [0.29, 0.717) is 11.5 Å². The van der Waals surface area contributed by atoms with Crippen LogP contribution in [-0.2, 0) is 0 Å². The molecule has 28 heavy (non-hydrogen) atoms. The number of allylic oxidation sites excluding steroid dienone is 1. The lowest BCUT2D eigenvalue weighted by Gasteiger charge is -2.26. The van der Waals surface area contributed by atoms with Crippen molar-refractivity contribution in [2.75, 3.05) is 6.61 Å². The molecule has 3 aromatic rings. The van der Waals surface area contributed by atoms with Crippen LogP contribution in [0.15, 0.2) is 42.5 Å². The molecule has 2 aromatic carbocycles. The molecule has 0 spiro atoms. The fourth-order valence-corrected chi connectivity index (χ4v) is 3.28. The van der Waals surface area contributed by atoms with Crippen LogP contribution in [-0.4, -0.2) is 16.6 Å². The Morgan fingerprint density at radius 3 is 2.39 bits per heavy atom. The summed E-state index contributed by atoms with van der Waals surface area (Å²) in [4.78, 5) is 9.78. The highest BCUT2D eigenvalue weighted by atomic mass is 16.5. The van der Waals surface area contributed by atoms with Crippen molar-refractivity contribution in [1.82, 2.24) is 9.97 Å². The van der Waals surface area contributed by atoms with Gasteiger partial charge in [-0.05, 0) is 42.7 Å². The number of benzene rings is 2. The Balaban J connectivity index is 1.98. The van der Waals surface area contributed by atoms with Crippen molar-refractivity contribution in [3.8, 4) is 35.1 Å². The molecule has 0 amide bonds. The standard InChI is InChI=1S/C24H22N2O2/c1-6-13-27-19-12-11-16-21-22(26-18-10-8-7-9-17(18)25-21)20(14-24(3,4)5)28-23(16)15(19)2/h1,7-12,14H,13H2,2-5H3/b20-14-. The Labute approximate surface area is 165 Å². The van der Waals surface area contributed by atoms with E-state index in [0.717, 1.165) is 39.3 Å². The van der Waals surface area contributed by atoms with Crippen molar-refractivity contribution in [2.24, 2.45) is 5.41 Å². The molecule has 0 aliphatic carbocycles. The third-order valence-electron chi connectivity index (χ3n) is 4.50. The minimum atomic E-state index is -0.0804. The summed E-state index contributed by atoms with van der Waals surface area (Å²) in [5.74, 6) is 4.67. The molecular weight excluding hydrogens is 348 g/mol. The quantitative estimate of drug-likeness (QED) is 0.567. The van der Waals surface area contributed by atoms with Gasteiger partial charge in [-0.3, -0.25) is 0 Å². The van der Waals surface area contributed by atoms with Crippen LogP contribution in [0.5, 0.6) is 11.5 Å². The van der Waals surface area contributed by atoms with Gasteiger partial charge in [0.15, 0.2) is 5.76 Å². The second-order valence-corrected chi connectivity index (χ2v) is 7.94. The first-order chi connectivity index (χ1) is 13.4. The van der Waals surface area contributed by atoms with Crippen molar-refractivity contribution < 1.29 is 9.47 Å². The zero-order valence-electron chi connectivity index (χ0n) is 16.5. The van der Waals surface area contributed by atoms with E-state index in [2.05, 4.69) is 32.8 Å². The fraction of sp³-hybridized carbons (Fsp3) is 0.250. The van der Waals surface area contributed by atoms with Gasteiger partial charge in [-0.2, -0.15) is 0 Å². The van der Waals surface area contributed by atoms with E-state index < -0.39 is 0 Å². The third-order valence-corrected chi connectivity index (χ3v) is 4.50. The number of rotatable bonds is 2. The Kier molecular flexibility index (Phi) is 4.31. The van der Waals surface area contributed by atoms with Gasteiger partial charge in [0.05, 0.1) is 11.0 Å². The van der Waals surface area contributed by atoms with Gasteiger partial charge >= 0.3 is 0 Å². The number of hydrogen-bond acceptors (Lipinski definition) is 4. The molecule has 0 N–H and O–H groups in total. The molecule has 140 valence electrons. The Morgan fingerprint density at radius 1 is 1.07 bits per heavy atom. The lowest BCUT2D eigenvalue weighted by molar-refractivity contribution is 0.364. The lowest BCUT2D eigenvalue weighted by atomic mass is 9.93. The Morgan fingerprint density at radius 2 is 1.75 bits per heavy atom. The average Bonchev–Trinajstić information content (AvgIpc) is 2.65. The minimum absolute atomic E-state index is 0.0804. The molecule has 0 atom stereocenters. The van der Waals surface area contributed by atoms with Crippen LogP contribution in [0, 0.1) is 24.7 Å². The molecule has 0 saturated carbocycles. The van der Waals surface area contributed by atoms with Crippen molar-refractivity contribution in [2.45, 2.75) is 27.7 Å². The van der Waals surface area contributed by atoms with E-state index in [4.69, 9.17) is 25.9 Å². The van der Waals surface area contributed by atoms with Gasteiger partial charge < -0.3 is 9.47 Å². The number of aromatic nitrogens is 2. The van der Waals surface area contributed by atoms with Crippen molar-refractivity contribution in [3.63, 3.8) is 0 Å². The molecule has 0 radical (unpaired) electrons. The molecular formula is C24H22N2O2. The summed E-state index contributed by atoms with van der Waals surface area (Å²) in [6.45, 7) is 8.58. The van der Waals surface area contributed by atoms with E-state index in [1.807, 2.05) is 43.3 Å².